The number of halogens is 1. The molecule has 87 heavy (non-hydrogen) atoms. The quantitative estimate of drug-likeness (QED) is 0.0275. The van der Waals surface area contributed by atoms with Crippen molar-refractivity contribution in [3.05, 3.63) is 192 Å². The lowest BCUT2D eigenvalue weighted by Gasteiger charge is -2.01. The minimum atomic E-state index is -1.08. The van der Waals surface area contributed by atoms with E-state index in [9.17, 15) is 73.6 Å². The molecule has 8 N–H and O–H groups in total. The Morgan fingerprint density at radius 2 is 0.954 bits per heavy atom. The topological polar surface area (TPSA) is 483 Å². The van der Waals surface area contributed by atoms with Gasteiger partial charge in [-0.25, -0.2) is 48.7 Å². The normalized spacial score (nSPS) is 10.3. The molecule has 0 fully saturated rings. The van der Waals surface area contributed by atoms with Crippen molar-refractivity contribution in [2.24, 2.45) is 0 Å². The van der Waals surface area contributed by atoms with Gasteiger partial charge in [0.05, 0.1) is 66.0 Å². The minimum absolute atomic E-state index is 0.0162. The van der Waals surface area contributed by atoms with Gasteiger partial charge in [-0.2, -0.15) is 0 Å². The number of nitro benzene ring substituents is 4. The Bertz CT molecular complexity index is 4080. The van der Waals surface area contributed by atoms with E-state index in [1.165, 1.54) is 69.0 Å². The lowest BCUT2D eigenvalue weighted by Crippen LogP contribution is -2.28. The first-order chi connectivity index (χ1) is 41.3. The second-order valence-electron chi connectivity index (χ2n) is 17.3. The van der Waals surface area contributed by atoms with E-state index in [1.807, 2.05) is 32.0 Å². The zero-order chi connectivity index (χ0) is 63.6. The van der Waals surface area contributed by atoms with Crippen molar-refractivity contribution in [3.8, 4) is 17.1 Å². The molecule has 36 heteroatoms. The number of nitro groups is 4. The molecule has 0 spiro atoms. The molecular formula is C51H47FN20O15. The Morgan fingerprint density at radius 1 is 0.552 bits per heavy atom. The molecular weight excluding hydrogens is 1150 g/mol. The van der Waals surface area contributed by atoms with Crippen LogP contribution in [0.3, 0.4) is 0 Å². The molecule has 4 amide bonds. The zero-order valence-electron chi connectivity index (χ0n) is 45.8. The fourth-order valence-corrected chi connectivity index (χ4v) is 7.14. The van der Waals surface area contributed by atoms with Crippen molar-refractivity contribution < 1.29 is 58.0 Å². The van der Waals surface area contributed by atoms with Gasteiger partial charge in [-0.3, -0.25) is 65.5 Å². The zero-order valence-corrected chi connectivity index (χ0v) is 45.8. The molecule has 4 aromatic carbocycles. The number of fused-ring (bicyclic) bond motifs is 2. The van der Waals surface area contributed by atoms with Crippen LogP contribution < -0.4 is 21.3 Å². The summed E-state index contributed by atoms with van der Waals surface area (Å²) in [5, 5.41) is 61.4. The molecule has 6 aromatic heterocycles. The SMILES string of the molecule is CC(=O)c1cn(-c2ccc([N+](=O)[O-])c([N+](=O)[O-])c2)cn1.CC(=O)c1cnc[nH]1.CCNC(=O)Nc1nc2ccc(-n3cnc(C(=O)O)c3)cc2[nH]1.CCNC(=O)Nc1nc2ccc(-n3cnc(C(C)=O)c3)cc2[nH]1.O=[N+]([O-])c1ccc(F)cc1[N+](=O)[O-]. The van der Waals surface area contributed by atoms with Gasteiger partial charge in [0.15, 0.2) is 23.0 Å². The number of urea groups is 2. The number of ketones is 3. The third kappa shape index (κ3) is 17.1. The molecule has 6 heterocycles. The molecule has 10 aromatic rings. The highest BCUT2D eigenvalue weighted by molar-refractivity contribution is 5.94. The molecule has 0 saturated heterocycles. The number of hydrogen-bond acceptors (Lipinski definition) is 20. The molecule has 0 aliphatic carbocycles. The number of carboxylic acid groups (broad SMARTS) is 1. The van der Waals surface area contributed by atoms with Crippen LogP contribution in [0, 0.1) is 46.3 Å². The largest absolute Gasteiger partial charge is 0.476 e. The van der Waals surface area contributed by atoms with E-state index in [2.05, 4.69) is 66.1 Å². The summed E-state index contributed by atoms with van der Waals surface area (Å²) in [5.74, 6) is -1.57. The van der Waals surface area contributed by atoms with Gasteiger partial charge in [0.2, 0.25) is 11.9 Å². The van der Waals surface area contributed by atoms with Crippen molar-refractivity contribution in [1.29, 1.82) is 0 Å². The average Bonchev–Trinajstić information content (AvgIpc) is 2.40. The first kappa shape index (κ1) is 63.4. The fraction of sp³-hybridized carbons (Fsp3) is 0.137. The van der Waals surface area contributed by atoms with Gasteiger partial charge in [0.1, 0.15) is 41.9 Å². The number of nitrogens with one attached hydrogen (secondary N) is 7. The predicted molar refractivity (Wildman–Crippen MR) is 304 cm³/mol. The van der Waals surface area contributed by atoms with Crippen LogP contribution in [-0.4, -0.2) is 132 Å². The Kier molecular flexibility index (Phi) is 21.0. The summed E-state index contributed by atoms with van der Waals surface area (Å²) in [6, 6.07) is 15.8. The molecule has 448 valence electrons. The molecule has 0 unspecified atom stereocenters. The standard InChI is InChI=1S/C15H16N6O2.C14H14N6O3.C11H8N4O5.C6H3FN2O4.C5H6N2O/c1-3-16-15(23)20-14-18-11-5-4-10(6-12(11)19-14)21-7-13(9(2)22)17-8-21;1-2-15-14(23)19-13-17-9-4-3-8(5-10(9)18-13)20-6-11(12(21)22)16-7-20;1-7(16)9-5-13(6-12-9)8-2-3-10(14(17)18)11(4-8)15(19)20;7-4-1-2-5(8(10)11)6(3-4)9(12)13;1-4(8)5-2-6-3-7-5/h4-8H,3H2,1-2H3,(H3,16,18,19,20,23);3-7H,2H2,1H3,(H,21,22)(H3,15,17,18,19,23);2-6H,1H3;1-3H;2-3H,1H3,(H,6,7). The number of aromatic nitrogens is 12. The number of anilines is 2. The summed E-state index contributed by atoms with van der Waals surface area (Å²) >= 11 is 0. The van der Waals surface area contributed by atoms with Crippen LogP contribution in [0.4, 0.5) is 48.6 Å². The lowest BCUT2D eigenvalue weighted by atomic mass is 10.2. The van der Waals surface area contributed by atoms with E-state index in [1.54, 1.807) is 39.9 Å². The maximum atomic E-state index is 12.4. The number of hydrogen-bond donors (Lipinski definition) is 8. The van der Waals surface area contributed by atoms with Crippen LogP contribution in [0.15, 0.2) is 123 Å². The van der Waals surface area contributed by atoms with E-state index < -0.39 is 54.2 Å². The number of carbonyl (C=O) groups excluding carboxylic acids is 5. The number of amides is 4. The summed E-state index contributed by atoms with van der Waals surface area (Å²) in [6.45, 7) is 9.02. The highest BCUT2D eigenvalue weighted by atomic mass is 19.1. The first-order valence-corrected chi connectivity index (χ1v) is 24.8. The van der Waals surface area contributed by atoms with Crippen LogP contribution >= 0.6 is 0 Å². The number of H-pyrrole nitrogens is 3. The monoisotopic (exact) mass is 1200 g/mol. The second-order valence-corrected chi connectivity index (χ2v) is 17.3. The average molecular weight is 1200 g/mol. The highest BCUT2D eigenvalue weighted by Gasteiger charge is 2.26. The van der Waals surface area contributed by atoms with Crippen LogP contribution in [0.1, 0.15) is 76.6 Å². The van der Waals surface area contributed by atoms with Crippen molar-refractivity contribution >= 4 is 92.1 Å². The Morgan fingerprint density at radius 3 is 1.31 bits per heavy atom. The number of benzene rings is 4. The minimum Gasteiger partial charge on any atom is -0.476 e. The van der Waals surface area contributed by atoms with Gasteiger partial charge in [-0.05, 0) is 62.4 Å². The molecule has 0 atom stereocenters. The Hall–Kier alpha value is -12.8. The number of carboxylic acids is 1. The Labute approximate surface area is 485 Å². The predicted octanol–water partition coefficient (Wildman–Crippen LogP) is 7.83. The van der Waals surface area contributed by atoms with E-state index in [0.29, 0.717) is 59.2 Å². The van der Waals surface area contributed by atoms with E-state index in [-0.39, 0.29) is 40.8 Å². The van der Waals surface area contributed by atoms with Gasteiger partial charge in [0.25, 0.3) is 0 Å². The number of rotatable bonds is 15. The van der Waals surface area contributed by atoms with Gasteiger partial charge < -0.3 is 44.4 Å². The molecule has 0 bridgehead atoms. The fourth-order valence-electron chi connectivity index (χ4n) is 7.14. The molecule has 10 rings (SSSR count). The molecule has 0 aliphatic rings. The van der Waals surface area contributed by atoms with Crippen LogP contribution in [0.25, 0.3) is 39.1 Å². The molecule has 0 radical (unpaired) electrons. The number of carbonyl (C=O) groups is 6. The summed E-state index contributed by atoms with van der Waals surface area (Å²) in [7, 11) is 0. The van der Waals surface area contributed by atoms with E-state index in [0.717, 1.165) is 46.7 Å². The van der Waals surface area contributed by atoms with E-state index >= 15 is 0 Å². The highest BCUT2D eigenvalue weighted by Crippen LogP contribution is 2.30. The number of imidazole rings is 6. The number of nitrogens with zero attached hydrogens (tertiary/aromatic N) is 13. The van der Waals surface area contributed by atoms with Gasteiger partial charge in [-0.1, -0.05) is 0 Å². The van der Waals surface area contributed by atoms with Crippen molar-refractivity contribution in [2.45, 2.75) is 34.6 Å². The summed E-state index contributed by atoms with van der Waals surface area (Å²) < 4.78 is 17.2. The van der Waals surface area contributed by atoms with Gasteiger partial charge in [0, 0.05) is 82.0 Å². The van der Waals surface area contributed by atoms with Crippen LogP contribution in [0.2, 0.25) is 0 Å². The van der Waals surface area contributed by atoms with Crippen molar-refractivity contribution in [3.63, 3.8) is 0 Å². The number of aromatic carboxylic acids is 1. The van der Waals surface area contributed by atoms with Gasteiger partial charge in [-0.15, -0.1) is 0 Å². The van der Waals surface area contributed by atoms with Crippen molar-refractivity contribution in [1.82, 2.24) is 69.2 Å². The summed E-state index contributed by atoms with van der Waals surface area (Å²) in [4.78, 5) is 138. The first-order valence-electron chi connectivity index (χ1n) is 24.8. The van der Waals surface area contributed by atoms with Crippen LogP contribution in [0.5, 0.6) is 0 Å². The number of Topliss-reactive ketones (excluding diaryl/α,β-unsaturated/α-hetero) is 3. The maximum absolute atomic E-state index is 12.4. The third-order valence-corrected chi connectivity index (χ3v) is 11.2. The van der Waals surface area contributed by atoms with Gasteiger partial charge >= 0.3 is 40.8 Å². The smallest absolute Gasteiger partial charge is 0.356 e. The lowest BCUT2D eigenvalue weighted by molar-refractivity contribution is -0.422. The summed E-state index contributed by atoms with van der Waals surface area (Å²) in [5.41, 5.74) is 3.13. The molecule has 0 aliphatic heterocycles. The third-order valence-electron chi connectivity index (χ3n) is 11.2. The Balaban J connectivity index is 0.000000180. The summed E-state index contributed by atoms with van der Waals surface area (Å²) in [6.07, 6.45) is 11.8. The molecule has 35 nitrogen and oxygen atoms in total. The van der Waals surface area contributed by atoms with E-state index in [4.69, 9.17) is 5.11 Å². The van der Waals surface area contributed by atoms with Crippen molar-refractivity contribution in [2.75, 3.05) is 23.7 Å². The number of aromatic amines is 3. The second kappa shape index (κ2) is 28.8. The van der Waals surface area contributed by atoms with Crippen LogP contribution in [-0.2, 0) is 0 Å². The maximum Gasteiger partial charge on any atom is 0.356 e. The molecule has 0 saturated carbocycles.